The van der Waals surface area contributed by atoms with Crippen molar-refractivity contribution in [2.45, 2.75) is 11.1 Å². The Morgan fingerprint density at radius 3 is 2.41 bits per heavy atom. The van der Waals surface area contributed by atoms with Gasteiger partial charge in [0.15, 0.2) is 5.82 Å². The molecule has 88 valence electrons. The summed E-state index contributed by atoms with van der Waals surface area (Å²) in [5.74, 6) is 0.0189. The number of aromatic nitrogens is 2. The van der Waals surface area contributed by atoms with Crippen molar-refractivity contribution in [1.82, 2.24) is 9.97 Å². The number of halogens is 3. The van der Waals surface area contributed by atoms with Gasteiger partial charge in [-0.25, -0.2) is 9.97 Å². The Hall–Kier alpha value is -1.56. The normalized spacial score (nSPS) is 11.5. The van der Waals surface area contributed by atoms with E-state index in [1.165, 1.54) is 0 Å². The fourth-order valence-electron chi connectivity index (χ4n) is 1.31. The van der Waals surface area contributed by atoms with Gasteiger partial charge >= 0.3 is 6.18 Å². The number of benzene rings is 1. The topological polar surface area (TPSA) is 25.8 Å². The largest absolute Gasteiger partial charge is 0.433 e. The van der Waals surface area contributed by atoms with Crippen LogP contribution >= 0.6 is 12.6 Å². The second-order valence-corrected chi connectivity index (χ2v) is 3.76. The third kappa shape index (κ3) is 2.58. The van der Waals surface area contributed by atoms with E-state index in [1.54, 1.807) is 24.3 Å². The molecule has 2 aromatic rings. The van der Waals surface area contributed by atoms with Crippen molar-refractivity contribution in [1.29, 1.82) is 0 Å². The van der Waals surface area contributed by atoms with Gasteiger partial charge in [-0.1, -0.05) is 18.2 Å². The Morgan fingerprint density at radius 1 is 1.06 bits per heavy atom. The van der Waals surface area contributed by atoms with E-state index in [4.69, 9.17) is 0 Å². The Bertz CT molecular complexity index is 540. The Balaban J connectivity index is 2.51. The van der Waals surface area contributed by atoms with Crippen molar-refractivity contribution < 1.29 is 13.2 Å². The predicted molar refractivity (Wildman–Crippen MR) is 59.7 cm³/mol. The predicted octanol–water partition coefficient (Wildman–Crippen LogP) is 3.45. The van der Waals surface area contributed by atoms with Gasteiger partial charge in [0.25, 0.3) is 0 Å². The lowest BCUT2D eigenvalue weighted by molar-refractivity contribution is -0.141. The summed E-state index contributed by atoms with van der Waals surface area (Å²) in [5.41, 5.74) is -0.485. The first kappa shape index (κ1) is 11.9. The highest BCUT2D eigenvalue weighted by atomic mass is 32.1. The smallest absolute Gasteiger partial charge is 0.237 e. The van der Waals surface area contributed by atoms with Crippen LogP contribution in [0.3, 0.4) is 0 Å². The van der Waals surface area contributed by atoms with Crippen LogP contribution in [0.25, 0.3) is 11.4 Å². The highest BCUT2D eigenvalue weighted by Gasteiger charge is 2.32. The molecule has 17 heavy (non-hydrogen) atoms. The molecule has 0 N–H and O–H groups in total. The van der Waals surface area contributed by atoms with Gasteiger partial charge in [-0.05, 0) is 12.1 Å². The fourth-order valence-corrected chi connectivity index (χ4v) is 1.57. The standard InChI is InChI=1S/C11H7F3N2S/c12-11(13,14)9-5-6-15-10(16-9)7-3-1-2-4-8(7)17/h1-6,17H. The van der Waals surface area contributed by atoms with E-state index < -0.39 is 11.9 Å². The summed E-state index contributed by atoms with van der Waals surface area (Å²) in [6, 6.07) is 7.56. The van der Waals surface area contributed by atoms with Crippen LogP contribution in [0.1, 0.15) is 5.69 Å². The lowest BCUT2D eigenvalue weighted by Crippen LogP contribution is -2.09. The summed E-state index contributed by atoms with van der Waals surface area (Å²) < 4.78 is 37.4. The minimum atomic E-state index is -4.47. The summed E-state index contributed by atoms with van der Waals surface area (Å²) in [6.45, 7) is 0. The maximum absolute atomic E-state index is 12.5. The molecule has 1 heterocycles. The monoisotopic (exact) mass is 256 g/mol. The number of nitrogens with zero attached hydrogens (tertiary/aromatic N) is 2. The van der Waals surface area contributed by atoms with Crippen molar-refractivity contribution in [2.24, 2.45) is 0 Å². The van der Waals surface area contributed by atoms with Crippen molar-refractivity contribution >= 4 is 12.6 Å². The van der Waals surface area contributed by atoms with Crippen molar-refractivity contribution in [3.05, 3.63) is 42.2 Å². The molecule has 0 saturated heterocycles. The van der Waals surface area contributed by atoms with E-state index in [0.717, 1.165) is 12.3 Å². The Labute approximate surface area is 101 Å². The van der Waals surface area contributed by atoms with E-state index in [9.17, 15) is 13.2 Å². The average molecular weight is 256 g/mol. The average Bonchev–Trinajstić information content (AvgIpc) is 2.29. The number of rotatable bonds is 1. The first-order valence-corrected chi connectivity index (χ1v) is 5.12. The Kier molecular flexibility index (Phi) is 3.06. The first-order chi connectivity index (χ1) is 7.98. The van der Waals surface area contributed by atoms with Crippen molar-refractivity contribution in [3.63, 3.8) is 0 Å². The zero-order valence-electron chi connectivity index (χ0n) is 8.44. The molecule has 0 fully saturated rings. The number of hydrogen-bond acceptors (Lipinski definition) is 3. The molecule has 0 aliphatic heterocycles. The quantitative estimate of drug-likeness (QED) is 0.791. The summed E-state index contributed by atoms with van der Waals surface area (Å²) in [4.78, 5) is 7.85. The third-order valence-corrected chi connectivity index (χ3v) is 2.48. The molecule has 0 spiro atoms. The number of thiol groups is 1. The molecule has 1 aromatic heterocycles. The maximum Gasteiger partial charge on any atom is 0.433 e. The van der Waals surface area contributed by atoms with Gasteiger partial charge in [0.05, 0.1) is 0 Å². The molecular formula is C11H7F3N2S. The molecule has 0 saturated carbocycles. The maximum atomic E-state index is 12.5. The van der Waals surface area contributed by atoms with E-state index >= 15 is 0 Å². The zero-order valence-corrected chi connectivity index (χ0v) is 9.33. The van der Waals surface area contributed by atoms with Gasteiger partial charge in [0.1, 0.15) is 5.69 Å². The van der Waals surface area contributed by atoms with Crippen LogP contribution in [0, 0.1) is 0 Å². The van der Waals surface area contributed by atoms with Gasteiger partial charge in [0.2, 0.25) is 0 Å². The SMILES string of the molecule is FC(F)(F)c1ccnc(-c2ccccc2S)n1. The number of alkyl halides is 3. The summed E-state index contributed by atoms with van der Waals surface area (Å²) >= 11 is 4.15. The minimum absolute atomic E-state index is 0.0189. The summed E-state index contributed by atoms with van der Waals surface area (Å²) in [7, 11) is 0. The van der Waals surface area contributed by atoms with Crippen molar-refractivity contribution in [3.8, 4) is 11.4 Å². The molecule has 0 unspecified atom stereocenters. The second kappa shape index (κ2) is 4.37. The van der Waals surface area contributed by atoms with E-state index in [0.29, 0.717) is 10.5 Å². The lowest BCUT2D eigenvalue weighted by Gasteiger charge is -2.08. The molecular weight excluding hydrogens is 249 g/mol. The van der Waals surface area contributed by atoms with Crippen LogP contribution < -0.4 is 0 Å². The molecule has 2 nitrogen and oxygen atoms in total. The van der Waals surface area contributed by atoms with Gasteiger partial charge in [-0.15, -0.1) is 12.6 Å². The molecule has 1 aromatic carbocycles. The van der Waals surface area contributed by atoms with Crippen molar-refractivity contribution in [2.75, 3.05) is 0 Å². The van der Waals surface area contributed by atoms with Crippen LogP contribution in [-0.2, 0) is 6.18 Å². The zero-order chi connectivity index (χ0) is 12.5. The van der Waals surface area contributed by atoms with Crippen LogP contribution in [0.2, 0.25) is 0 Å². The van der Waals surface area contributed by atoms with Gasteiger partial charge in [-0.3, -0.25) is 0 Å². The van der Waals surface area contributed by atoms with Crippen LogP contribution in [0.5, 0.6) is 0 Å². The third-order valence-electron chi connectivity index (χ3n) is 2.09. The first-order valence-electron chi connectivity index (χ1n) is 4.67. The van der Waals surface area contributed by atoms with Crippen LogP contribution in [0.4, 0.5) is 13.2 Å². The molecule has 0 aliphatic carbocycles. The molecule has 0 amide bonds. The molecule has 0 bridgehead atoms. The highest BCUT2D eigenvalue weighted by molar-refractivity contribution is 7.80. The summed E-state index contributed by atoms with van der Waals surface area (Å²) in [5, 5.41) is 0. The molecule has 2 rings (SSSR count). The van der Waals surface area contributed by atoms with Gasteiger partial charge < -0.3 is 0 Å². The van der Waals surface area contributed by atoms with Crippen LogP contribution in [0.15, 0.2) is 41.4 Å². The van der Waals surface area contributed by atoms with E-state index in [1.807, 2.05) is 0 Å². The van der Waals surface area contributed by atoms with Crippen LogP contribution in [-0.4, -0.2) is 9.97 Å². The van der Waals surface area contributed by atoms with Gasteiger partial charge in [-0.2, -0.15) is 13.2 Å². The Morgan fingerprint density at radius 2 is 1.76 bits per heavy atom. The summed E-state index contributed by atoms with van der Waals surface area (Å²) in [6.07, 6.45) is -3.38. The lowest BCUT2D eigenvalue weighted by atomic mass is 10.2. The molecule has 6 heteroatoms. The molecule has 0 radical (unpaired) electrons. The van der Waals surface area contributed by atoms with E-state index in [2.05, 4.69) is 22.6 Å². The van der Waals surface area contributed by atoms with Gasteiger partial charge in [0, 0.05) is 16.7 Å². The number of hydrogen-bond donors (Lipinski definition) is 1. The molecule has 0 atom stereocenters. The minimum Gasteiger partial charge on any atom is -0.237 e. The van der Waals surface area contributed by atoms with E-state index in [-0.39, 0.29) is 5.82 Å². The fraction of sp³-hybridized carbons (Fsp3) is 0.0909. The molecule has 0 aliphatic rings. The second-order valence-electron chi connectivity index (χ2n) is 3.28. The highest BCUT2D eigenvalue weighted by Crippen LogP contribution is 2.29.